The minimum absolute atomic E-state index is 0. The molecule has 0 aromatic heterocycles. The molecule has 2 nitrogen and oxygen atoms in total. The van der Waals surface area contributed by atoms with Crippen LogP contribution in [0.5, 0.6) is 0 Å². The molecule has 0 aliphatic heterocycles. The van der Waals surface area contributed by atoms with Gasteiger partial charge in [-0.05, 0) is 38.8 Å². The van der Waals surface area contributed by atoms with E-state index in [1.54, 1.807) is 0 Å². The number of rotatable bonds is 4. The lowest BCUT2D eigenvalue weighted by atomic mass is 9.75. The van der Waals surface area contributed by atoms with Crippen LogP contribution in [0.25, 0.3) is 0 Å². The second-order valence-corrected chi connectivity index (χ2v) is 5.12. The van der Waals surface area contributed by atoms with Crippen LogP contribution >= 0.6 is 12.4 Å². The van der Waals surface area contributed by atoms with Crippen molar-refractivity contribution >= 4 is 12.4 Å². The Morgan fingerprint density at radius 3 is 2.24 bits per heavy atom. The lowest BCUT2D eigenvalue weighted by molar-refractivity contribution is 0.0398. The first-order valence-electron chi connectivity index (χ1n) is 6.13. The number of nitrogens with two attached hydrogens (primary N) is 1. The molecular weight excluding hydrogens is 232 g/mol. The van der Waals surface area contributed by atoms with E-state index in [9.17, 15) is 0 Å². The van der Waals surface area contributed by atoms with Crippen molar-refractivity contribution in [3.05, 3.63) is 35.4 Å². The summed E-state index contributed by atoms with van der Waals surface area (Å²) in [6, 6.07) is 8.79. The molecule has 0 saturated heterocycles. The summed E-state index contributed by atoms with van der Waals surface area (Å²) < 4.78 is 0. The van der Waals surface area contributed by atoms with Crippen LogP contribution in [0.4, 0.5) is 0 Å². The Labute approximate surface area is 111 Å². The van der Waals surface area contributed by atoms with Crippen molar-refractivity contribution < 1.29 is 0 Å². The van der Waals surface area contributed by atoms with Crippen molar-refractivity contribution in [1.29, 1.82) is 0 Å². The first-order chi connectivity index (χ1) is 7.66. The van der Waals surface area contributed by atoms with Crippen molar-refractivity contribution in [2.45, 2.75) is 38.3 Å². The lowest BCUT2D eigenvalue weighted by Crippen LogP contribution is -2.56. The topological polar surface area (TPSA) is 29.3 Å². The molecule has 17 heavy (non-hydrogen) atoms. The third-order valence-corrected chi connectivity index (χ3v) is 4.01. The van der Waals surface area contributed by atoms with Crippen LogP contribution < -0.4 is 5.73 Å². The van der Waals surface area contributed by atoms with Crippen LogP contribution in [0, 0.1) is 6.92 Å². The maximum Gasteiger partial charge on any atom is 0.0332 e. The van der Waals surface area contributed by atoms with Crippen LogP contribution in [-0.4, -0.2) is 24.0 Å². The largest absolute Gasteiger partial charge is 0.329 e. The molecule has 3 heteroatoms. The van der Waals surface area contributed by atoms with Crippen LogP contribution in [0.1, 0.15) is 30.4 Å². The first-order valence-corrected chi connectivity index (χ1v) is 6.13. The van der Waals surface area contributed by atoms with E-state index in [1.165, 1.54) is 30.4 Å². The van der Waals surface area contributed by atoms with Crippen molar-refractivity contribution in [1.82, 2.24) is 4.90 Å². The van der Waals surface area contributed by atoms with Gasteiger partial charge in [0.25, 0.3) is 0 Å². The number of hydrogen-bond donors (Lipinski definition) is 1. The summed E-state index contributed by atoms with van der Waals surface area (Å²) in [6.07, 6.45) is 3.84. The maximum atomic E-state index is 5.91. The quantitative estimate of drug-likeness (QED) is 0.895. The number of hydrogen-bond acceptors (Lipinski definition) is 2. The Balaban J connectivity index is 0.00000144. The molecule has 0 heterocycles. The van der Waals surface area contributed by atoms with Gasteiger partial charge in [0.15, 0.2) is 0 Å². The smallest absolute Gasteiger partial charge is 0.0332 e. The highest BCUT2D eigenvalue weighted by Gasteiger charge is 2.39. The van der Waals surface area contributed by atoms with Gasteiger partial charge in [-0.3, -0.25) is 4.90 Å². The van der Waals surface area contributed by atoms with E-state index in [1.807, 2.05) is 0 Å². The first kappa shape index (κ1) is 14.5. The summed E-state index contributed by atoms with van der Waals surface area (Å²) in [6.45, 7) is 3.92. The summed E-state index contributed by atoms with van der Waals surface area (Å²) in [5, 5.41) is 0. The fourth-order valence-corrected chi connectivity index (χ4v) is 2.46. The summed E-state index contributed by atoms with van der Waals surface area (Å²) >= 11 is 0. The number of halogens is 1. The Kier molecular flexibility index (Phi) is 4.99. The average Bonchev–Trinajstić information content (AvgIpc) is 2.21. The number of likely N-dealkylation sites (N-methyl/N-ethyl adjacent to an activating group) is 1. The fraction of sp³-hybridized carbons (Fsp3) is 0.571. The van der Waals surface area contributed by atoms with Gasteiger partial charge in [-0.25, -0.2) is 0 Å². The summed E-state index contributed by atoms with van der Waals surface area (Å²) in [5.41, 5.74) is 8.89. The van der Waals surface area contributed by atoms with E-state index in [0.29, 0.717) is 0 Å². The van der Waals surface area contributed by atoms with Crippen LogP contribution in [0.3, 0.4) is 0 Å². The molecule has 2 N–H and O–H groups in total. The molecule has 1 aliphatic rings. The summed E-state index contributed by atoms with van der Waals surface area (Å²) in [5.74, 6) is 0. The average molecular weight is 255 g/mol. The lowest BCUT2D eigenvalue weighted by Gasteiger charge is -2.48. The normalized spacial score (nSPS) is 17.4. The zero-order valence-corrected chi connectivity index (χ0v) is 11.6. The van der Waals surface area contributed by atoms with Gasteiger partial charge in [0.1, 0.15) is 0 Å². The molecule has 1 fully saturated rings. The number of nitrogens with zero attached hydrogens (tertiary/aromatic N) is 1. The fourth-order valence-electron chi connectivity index (χ4n) is 2.46. The molecule has 0 atom stereocenters. The number of benzene rings is 1. The third kappa shape index (κ3) is 3.01. The van der Waals surface area contributed by atoms with Crippen molar-refractivity contribution in [2.24, 2.45) is 5.73 Å². The molecule has 0 unspecified atom stereocenters. The summed E-state index contributed by atoms with van der Waals surface area (Å²) in [7, 11) is 2.20. The Morgan fingerprint density at radius 1 is 1.24 bits per heavy atom. The molecule has 2 rings (SSSR count). The molecule has 0 amide bonds. The predicted molar refractivity (Wildman–Crippen MR) is 75.5 cm³/mol. The maximum absolute atomic E-state index is 5.91. The predicted octanol–water partition coefficient (Wildman–Crippen LogP) is 2.73. The highest BCUT2D eigenvalue weighted by atomic mass is 35.5. The van der Waals surface area contributed by atoms with Crippen LogP contribution in [0.15, 0.2) is 24.3 Å². The molecule has 0 spiro atoms. The molecule has 1 aromatic carbocycles. The Hall–Kier alpha value is -0.570. The Bertz CT molecular complexity index is 338. The minimum Gasteiger partial charge on any atom is -0.329 e. The molecule has 96 valence electrons. The van der Waals surface area contributed by atoms with E-state index >= 15 is 0 Å². The van der Waals surface area contributed by atoms with Crippen molar-refractivity contribution in [3.8, 4) is 0 Å². The van der Waals surface area contributed by atoms with Gasteiger partial charge in [-0.2, -0.15) is 0 Å². The van der Waals surface area contributed by atoms with E-state index in [0.717, 1.165) is 13.1 Å². The van der Waals surface area contributed by atoms with Gasteiger partial charge in [-0.15, -0.1) is 12.4 Å². The van der Waals surface area contributed by atoms with Crippen molar-refractivity contribution in [3.63, 3.8) is 0 Å². The van der Waals surface area contributed by atoms with Gasteiger partial charge in [0, 0.05) is 18.6 Å². The SMILES string of the molecule is Cc1ccc(CN(C)C2(CN)CCC2)cc1.Cl. The highest BCUT2D eigenvalue weighted by molar-refractivity contribution is 5.85. The van der Waals surface area contributed by atoms with Gasteiger partial charge in [0.05, 0.1) is 0 Å². The second-order valence-electron chi connectivity index (χ2n) is 5.12. The van der Waals surface area contributed by atoms with E-state index in [4.69, 9.17) is 5.73 Å². The summed E-state index contributed by atoms with van der Waals surface area (Å²) in [4.78, 5) is 2.43. The van der Waals surface area contributed by atoms with Gasteiger partial charge < -0.3 is 5.73 Å². The van der Waals surface area contributed by atoms with Crippen molar-refractivity contribution in [2.75, 3.05) is 13.6 Å². The van der Waals surface area contributed by atoms with Gasteiger partial charge >= 0.3 is 0 Å². The van der Waals surface area contributed by atoms with E-state index in [-0.39, 0.29) is 17.9 Å². The second kappa shape index (κ2) is 5.85. The van der Waals surface area contributed by atoms with Crippen LogP contribution in [-0.2, 0) is 6.54 Å². The molecule has 1 saturated carbocycles. The highest BCUT2D eigenvalue weighted by Crippen LogP contribution is 2.36. The number of aryl methyl sites for hydroxylation is 1. The monoisotopic (exact) mass is 254 g/mol. The Morgan fingerprint density at radius 2 is 1.82 bits per heavy atom. The molecule has 0 radical (unpaired) electrons. The standard InChI is InChI=1S/C14H22N2.ClH/c1-12-4-6-13(7-5-12)10-16(2)14(11-15)8-3-9-14;/h4-7H,3,8-11,15H2,1-2H3;1H. The van der Waals surface area contributed by atoms with Crippen LogP contribution in [0.2, 0.25) is 0 Å². The zero-order chi connectivity index (χ0) is 11.6. The van der Waals surface area contributed by atoms with E-state index < -0.39 is 0 Å². The third-order valence-electron chi connectivity index (χ3n) is 4.01. The molecule has 0 bridgehead atoms. The van der Waals surface area contributed by atoms with Gasteiger partial charge in [-0.1, -0.05) is 29.8 Å². The van der Waals surface area contributed by atoms with Gasteiger partial charge in [0.2, 0.25) is 0 Å². The molecular formula is C14H23ClN2. The molecule has 1 aliphatic carbocycles. The molecule has 1 aromatic rings. The van der Waals surface area contributed by atoms with E-state index in [2.05, 4.69) is 43.1 Å². The zero-order valence-electron chi connectivity index (χ0n) is 10.8. The minimum atomic E-state index is 0.